The van der Waals surface area contributed by atoms with Gasteiger partial charge in [-0.3, -0.25) is 4.79 Å². The van der Waals surface area contributed by atoms with Crippen LogP contribution < -0.4 is 4.74 Å². The lowest BCUT2D eigenvalue weighted by Crippen LogP contribution is -2.03. The number of carbonyl (C=O) groups excluding carboxylic acids is 1. The van der Waals surface area contributed by atoms with Gasteiger partial charge in [-0.05, 0) is 67.3 Å². The van der Waals surface area contributed by atoms with Crippen LogP contribution in [-0.2, 0) is 0 Å². The van der Waals surface area contributed by atoms with Crippen LogP contribution in [0.4, 0.5) is 0 Å². The molecule has 0 aliphatic rings. The van der Waals surface area contributed by atoms with Gasteiger partial charge in [0, 0.05) is 0 Å². The molecule has 2 rings (SSSR count). The van der Waals surface area contributed by atoms with Crippen molar-refractivity contribution in [3.63, 3.8) is 0 Å². The molecule has 0 aliphatic carbocycles. The van der Waals surface area contributed by atoms with Crippen molar-refractivity contribution >= 4 is 11.9 Å². The monoisotopic (exact) mass is 352 g/mol. The van der Waals surface area contributed by atoms with E-state index in [-0.39, 0.29) is 5.78 Å². The van der Waals surface area contributed by atoms with Crippen LogP contribution in [0.15, 0.2) is 42.5 Å². The van der Waals surface area contributed by atoms with Crippen LogP contribution in [0, 0.1) is 13.8 Å². The molecule has 0 heterocycles. The van der Waals surface area contributed by atoms with E-state index in [1.54, 1.807) is 18.2 Å². The lowest BCUT2D eigenvalue weighted by molar-refractivity contribution is 0.104. The molecule has 138 valence electrons. The molecule has 0 spiro atoms. The van der Waals surface area contributed by atoms with Crippen LogP contribution in [0.2, 0.25) is 0 Å². The number of unbranched alkanes of at least 4 members (excludes halogenated alkanes) is 3. The number of ether oxygens (including phenoxy) is 1. The second kappa shape index (κ2) is 9.81. The quantitative estimate of drug-likeness (QED) is 0.349. The van der Waals surface area contributed by atoms with Crippen molar-refractivity contribution < 1.29 is 14.6 Å². The highest BCUT2D eigenvalue weighted by Gasteiger charge is 2.09. The van der Waals surface area contributed by atoms with E-state index in [2.05, 4.69) is 6.92 Å². The first-order valence-corrected chi connectivity index (χ1v) is 9.27. The number of allylic oxidation sites excluding steroid dienone is 1. The van der Waals surface area contributed by atoms with Crippen LogP contribution in [0.1, 0.15) is 59.7 Å². The third kappa shape index (κ3) is 5.48. The average Bonchev–Trinajstić information content (AvgIpc) is 2.64. The van der Waals surface area contributed by atoms with Gasteiger partial charge in [0.05, 0.1) is 12.2 Å². The lowest BCUT2D eigenvalue weighted by Gasteiger charge is -2.09. The molecule has 2 aromatic carbocycles. The van der Waals surface area contributed by atoms with Crippen molar-refractivity contribution in [2.75, 3.05) is 6.61 Å². The summed E-state index contributed by atoms with van der Waals surface area (Å²) in [5.74, 6) is 0.851. The van der Waals surface area contributed by atoms with Crippen LogP contribution in [-0.4, -0.2) is 17.5 Å². The number of aryl methyl sites for hydroxylation is 2. The maximum atomic E-state index is 12.6. The van der Waals surface area contributed by atoms with Gasteiger partial charge in [0.2, 0.25) is 0 Å². The molecular formula is C23H28O3. The fraction of sp³-hybridized carbons (Fsp3) is 0.348. The van der Waals surface area contributed by atoms with Gasteiger partial charge >= 0.3 is 0 Å². The van der Waals surface area contributed by atoms with E-state index in [0.717, 1.165) is 29.5 Å². The molecule has 0 amide bonds. The molecular weight excluding hydrogens is 324 g/mol. The summed E-state index contributed by atoms with van der Waals surface area (Å²) in [6, 6.07) is 11.1. The van der Waals surface area contributed by atoms with Gasteiger partial charge in [-0.15, -0.1) is 0 Å². The highest BCUT2D eigenvalue weighted by molar-refractivity contribution is 6.08. The van der Waals surface area contributed by atoms with Crippen molar-refractivity contribution in [1.29, 1.82) is 0 Å². The van der Waals surface area contributed by atoms with Gasteiger partial charge in [0.25, 0.3) is 0 Å². The van der Waals surface area contributed by atoms with Gasteiger partial charge in [-0.2, -0.15) is 0 Å². The summed E-state index contributed by atoms with van der Waals surface area (Å²) in [5, 5.41) is 9.85. The topological polar surface area (TPSA) is 46.5 Å². The van der Waals surface area contributed by atoms with Crippen LogP contribution in [0.3, 0.4) is 0 Å². The number of rotatable bonds is 9. The molecule has 0 atom stereocenters. The highest BCUT2D eigenvalue weighted by atomic mass is 16.5. The second-order valence-corrected chi connectivity index (χ2v) is 6.61. The Morgan fingerprint density at radius 2 is 1.77 bits per heavy atom. The Kier molecular flexibility index (Phi) is 7.46. The van der Waals surface area contributed by atoms with Crippen molar-refractivity contribution in [1.82, 2.24) is 0 Å². The molecule has 0 unspecified atom stereocenters. The highest BCUT2D eigenvalue weighted by Crippen LogP contribution is 2.24. The first-order valence-electron chi connectivity index (χ1n) is 9.27. The SMILES string of the molecule is CCCCCCOc1ccccc1C(=O)/C=C/c1cc(C)c(O)c(C)c1. The zero-order valence-corrected chi connectivity index (χ0v) is 15.9. The molecule has 0 aliphatic heterocycles. The molecule has 26 heavy (non-hydrogen) atoms. The second-order valence-electron chi connectivity index (χ2n) is 6.61. The van der Waals surface area contributed by atoms with Crippen molar-refractivity contribution in [3.8, 4) is 11.5 Å². The smallest absolute Gasteiger partial charge is 0.189 e. The molecule has 3 nitrogen and oxygen atoms in total. The Morgan fingerprint density at radius 3 is 2.46 bits per heavy atom. The Bertz CT molecular complexity index is 752. The third-order valence-electron chi connectivity index (χ3n) is 4.35. The number of aromatic hydroxyl groups is 1. The number of hydrogen-bond donors (Lipinski definition) is 1. The summed E-state index contributed by atoms with van der Waals surface area (Å²) in [4.78, 5) is 12.6. The molecule has 0 radical (unpaired) electrons. The van der Waals surface area contributed by atoms with E-state index < -0.39 is 0 Å². The zero-order valence-electron chi connectivity index (χ0n) is 15.9. The van der Waals surface area contributed by atoms with Crippen LogP contribution in [0.25, 0.3) is 6.08 Å². The first kappa shape index (κ1) is 19.8. The summed E-state index contributed by atoms with van der Waals surface area (Å²) in [5.41, 5.74) is 3.07. The van der Waals surface area contributed by atoms with E-state index in [4.69, 9.17) is 4.74 Å². The van der Waals surface area contributed by atoms with E-state index in [9.17, 15) is 9.90 Å². The van der Waals surface area contributed by atoms with Gasteiger partial charge < -0.3 is 9.84 Å². The van der Waals surface area contributed by atoms with Gasteiger partial charge in [-0.25, -0.2) is 0 Å². The predicted octanol–water partition coefficient (Wildman–Crippen LogP) is 5.86. The Balaban J connectivity index is 2.07. The number of benzene rings is 2. The van der Waals surface area contributed by atoms with Crippen molar-refractivity contribution in [2.24, 2.45) is 0 Å². The largest absolute Gasteiger partial charge is 0.507 e. The number of hydrogen-bond acceptors (Lipinski definition) is 3. The van der Waals surface area contributed by atoms with Crippen LogP contribution in [0.5, 0.6) is 11.5 Å². The lowest BCUT2D eigenvalue weighted by atomic mass is 10.0. The minimum Gasteiger partial charge on any atom is -0.507 e. The maximum Gasteiger partial charge on any atom is 0.189 e. The number of ketones is 1. The predicted molar refractivity (Wildman–Crippen MR) is 107 cm³/mol. The van der Waals surface area contributed by atoms with E-state index in [1.807, 2.05) is 44.2 Å². The number of para-hydroxylation sites is 1. The minimum atomic E-state index is -0.0856. The maximum absolute atomic E-state index is 12.6. The molecule has 3 heteroatoms. The van der Waals surface area contributed by atoms with Crippen molar-refractivity contribution in [3.05, 3.63) is 64.7 Å². The zero-order chi connectivity index (χ0) is 18.9. The minimum absolute atomic E-state index is 0.0856. The average molecular weight is 352 g/mol. The molecule has 0 saturated heterocycles. The Morgan fingerprint density at radius 1 is 1.08 bits per heavy atom. The van der Waals surface area contributed by atoms with Gasteiger partial charge in [-0.1, -0.05) is 44.4 Å². The number of phenolic OH excluding ortho intramolecular Hbond substituents is 1. The molecule has 0 aromatic heterocycles. The standard InChI is InChI=1S/C23H28O3/c1-4-5-6-9-14-26-22-11-8-7-10-20(22)21(24)13-12-19-15-17(2)23(25)18(3)16-19/h7-8,10-13,15-16,25H,4-6,9,14H2,1-3H3/b13-12+. The van der Waals surface area contributed by atoms with E-state index in [1.165, 1.54) is 12.8 Å². The summed E-state index contributed by atoms with van der Waals surface area (Å²) in [6.07, 6.45) is 7.88. The number of phenols is 1. The van der Waals surface area contributed by atoms with Gasteiger partial charge in [0.15, 0.2) is 5.78 Å². The Labute approximate surface area is 156 Å². The van der Waals surface area contributed by atoms with E-state index >= 15 is 0 Å². The molecule has 0 bridgehead atoms. The first-order chi connectivity index (χ1) is 12.5. The fourth-order valence-electron chi connectivity index (χ4n) is 2.85. The molecule has 2 aromatic rings. The molecule has 0 saturated carbocycles. The third-order valence-corrected chi connectivity index (χ3v) is 4.35. The fourth-order valence-corrected chi connectivity index (χ4v) is 2.85. The van der Waals surface area contributed by atoms with Crippen molar-refractivity contribution in [2.45, 2.75) is 46.5 Å². The molecule has 0 fully saturated rings. The molecule has 1 N–H and O–H groups in total. The van der Waals surface area contributed by atoms with Crippen LogP contribution >= 0.6 is 0 Å². The summed E-state index contributed by atoms with van der Waals surface area (Å²) >= 11 is 0. The Hall–Kier alpha value is -2.55. The summed E-state index contributed by atoms with van der Waals surface area (Å²) < 4.78 is 5.82. The summed E-state index contributed by atoms with van der Waals surface area (Å²) in [6.45, 7) is 6.51. The van der Waals surface area contributed by atoms with E-state index in [0.29, 0.717) is 23.7 Å². The summed E-state index contributed by atoms with van der Waals surface area (Å²) in [7, 11) is 0. The normalized spacial score (nSPS) is 11.0. The number of carbonyl (C=O) groups is 1. The van der Waals surface area contributed by atoms with Gasteiger partial charge in [0.1, 0.15) is 11.5 Å².